The molecule has 6 heteroatoms. The Kier molecular flexibility index (Phi) is 4.26. The lowest BCUT2D eigenvalue weighted by molar-refractivity contribution is -0.129. The number of fused-ring (bicyclic) bond motifs is 3. The van der Waals surface area contributed by atoms with E-state index in [-0.39, 0.29) is 11.5 Å². The molecule has 1 heterocycles. The second-order valence-electron chi connectivity index (χ2n) is 4.98. The number of methoxy groups -OCH3 is 1. The van der Waals surface area contributed by atoms with Gasteiger partial charge in [0.2, 0.25) is 5.75 Å². The number of carbonyl (C=O) groups is 2. The van der Waals surface area contributed by atoms with Crippen molar-refractivity contribution in [3.05, 3.63) is 55.6 Å². The van der Waals surface area contributed by atoms with Gasteiger partial charge in [0.05, 0.1) is 7.11 Å². The highest BCUT2D eigenvalue weighted by atomic mass is 16.6. The van der Waals surface area contributed by atoms with E-state index in [2.05, 4.69) is 13.2 Å². The van der Waals surface area contributed by atoms with Gasteiger partial charge in [0.15, 0.2) is 11.3 Å². The number of rotatable bonds is 5. The van der Waals surface area contributed by atoms with Crippen molar-refractivity contribution < 1.29 is 28.2 Å². The number of carbonyl (C=O) groups excluding carboxylic acids is 2. The third-order valence-electron chi connectivity index (χ3n) is 3.50. The quantitative estimate of drug-likeness (QED) is 0.400. The van der Waals surface area contributed by atoms with Crippen molar-refractivity contribution in [3.8, 4) is 17.2 Å². The van der Waals surface area contributed by atoms with Gasteiger partial charge in [-0.2, -0.15) is 0 Å². The van der Waals surface area contributed by atoms with Crippen molar-refractivity contribution in [1.82, 2.24) is 0 Å². The third kappa shape index (κ3) is 2.97. The van der Waals surface area contributed by atoms with Gasteiger partial charge in [-0.15, -0.1) is 0 Å². The van der Waals surface area contributed by atoms with Gasteiger partial charge in [-0.3, -0.25) is 0 Å². The van der Waals surface area contributed by atoms with E-state index < -0.39 is 11.9 Å². The molecule has 0 atom stereocenters. The van der Waals surface area contributed by atoms with E-state index in [1.165, 1.54) is 7.11 Å². The first-order valence-corrected chi connectivity index (χ1v) is 7.29. The van der Waals surface area contributed by atoms with Gasteiger partial charge >= 0.3 is 11.9 Å². The number of ether oxygens (including phenoxy) is 3. The summed E-state index contributed by atoms with van der Waals surface area (Å²) in [4.78, 5) is 22.8. The molecule has 0 saturated carbocycles. The topological polar surface area (TPSA) is 75.0 Å². The van der Waals surface area contributed by atoms with E-state index in [1.807, 2.05) is 0 Å². The van der Waals surface area contributed by atoms with Gasteiger partial charge in [0, 0.05) is 29.0 Å². The molecular formula is C19H14O6. The first kappa shape index (κ1) is 16.3. The summed E-state index contributed by atoms with van der Waals surface area (Å²) in [7, 11) is 1.45. The molecule has 3 aromatic rings. The Morgan fingerprint density at radius 3 is 2.36 bits per heavy atom. The maximum Gasteiger partial charge on any atom is 0.335 e. The molecule has 0 aliphatic rings. The van der Waals surface area contributed by atoms with E-state index in [0.717, 1.165) is 22.9 Å². The van der Waals surface area contributed by atoms with E-state index in [9.17, 15) is 9.59 Å². The average Bonchev–Trinajstić information content (AvgIpc) is 2.98. The highest BCUT2D eigenvalue weighted by Crippen LogP contribution is 2.41. The van der Waals surface area contributed by atoms with Crippen LogP contribution in [0.1, 0.15) is 0 Å². The summed E-state index contributed by atoms with van der Waals surface area (Å²) in [5.41, 5.74) is 0.911. The first-order valence-electron chi connectivity index (χ1n) is 7.29. The fourth-order valence-corrected chi connectivity index (χ4v) is 2.42. The molecule has 0 saturated heterocycles. The Labute approximate surface area is 142 Å². The Bertz CT molecular complexity index is 1010. The molecule has 0 aliphatic carbocycles. The summed E-state index contributed by atoms with van der Waals surface area (Å²) in [6, 6.07) is 8.37. The van der Waals surface area contributed by atoms with Crippen LogP contribution in [0, 0.1) is 0 Å². The van der Waals surface area contributed by atoms with Crippen LogP contribution in [0.3, 0.4) is 0 Å². The molecule has 0 unspecified atom stereocenters. The lowest BCUT2D eigenvalue weighted by Crippen LogP contribution is -2.04. The maximum atomic E-state index is 11.5. The summed E-state index contributed by atoms with van der Waals surface area (Å²) in [5.74, 6) is -0.335. The molecular weight excluding hydrogens is 324 g/mol. The molecule has 6 nitrogen and oxygen atoms in total. The predicted octanol–water partition coefficient (Wildman–Crippen LogP) is 3.78. The zero-order valence-corrected chi connectivity index (χ0v) is 13.4. The smallest absolute Gasteiger partial charge is 0.335 e. The number of hydrogen-bond acceptors (Lipinski definition) is 6. The molecule has 126 valence electrons. The minimum atomic E-state index is -0.604. The number of furan rings is 1. The van der Waals surface area contributed by atoms with Crippen LogP contribution in [-0.4, -0.2) is 19.0 Å². The van der Waals surface area contributed by atoms with Crippen LogP contribution in [0.5, 0.6) is 17.2 Å². The Hall–Kier alpha value is -3.54. The monoisotopic (exact) mass is 338 g/mol. The van der Waals surface area contributed by atoms with Gasteiger partial charge in [-0.25, -0.2) is 9.59 Å². The van der Waals surface area contributed by atoms with Gasteiger partial charge in [-0.1, -0.05) is 13.2 Å². The SMILES string of the molecule is C=CC(=O)Oc1ccc2c(c1)oc1c(OC)c(OC(=O)C=C)ccc12. The fraction of sp³-hybridized carbons (Fsp3) is 0.0526. The summed E-state index contributed by atoms with van der Waals surface area (Å²) in [6.45, 7) is 6.72. The standard InChI is InChI=1S/C19H14O6/c1-4-16(20)23-11-6-7-12-13-8-9-14(24-17(21)5-2)19(22-3)18(13)25-15(12)10-11/h4-10H,1-2H2,3H3. The van der Waals surface area contributed by atoms with Crippen molar-refractivity contribution in [2.75, 3.05) is 7.11 Å². The second-order valence-corrected chi connectivity index (χ2v) is 4.98. The summed E-state index contributed by atoms with van der Waals surface area (Å²) in [6.07, 6.45) is 2.13. The van der Waals surface area contributed by atoms with Crippen LogP contribution in [0.4, 0.5) is 0 Å². The van der Waals surface area contributed by atoms with Crippen molar-refractivity contribution >= 4 is 33.9 Å². The van der Waals surface area contributed by atoms with Crippen molar-refractivity contribution in [3.63, 3.8) is 0 Å². The van der Waals surface area contributed by atoms with Gasteiger partial charge in [0.1, 0.15) is 11.3 Å². The minimum Gasteiger partial charge on any atom is -0.490 e. The molecule has 0 radical (unpaired) electrons. The van der Waals surface area contributed by atoms with Gasteiger partial charge in [0.25, 0.3) is 0 Å². The van der Waals surface area contributed by atoms with Crippen molar-refractivity contribution in [2.45, 2.75) is 0 Å². The second kappa shape index (κ2) is 6.52. The lowest BCUT2D eigenvalue weighted by Gasteiger charge is -2.07. The van der Waals surface area contributed by atoms with Gasteiger partial charge in [-0.05, 0) is 24.3 Å². The molecule has 2 aromatic carbocycles. The first-order chi connectivity index (χ1) is 12.1. The Morgan fingerprint density at radius 2 is 1.68 bits per heavy atom. The largest absolute Gasteiger partial charge is 0.490 e. The van der Waals surface area contributed by atoms with Gasteiger partial charge < -0.3 is 18.6 Å². The normalized spacial score (nSPS) is 10.4. The molecule has 1 aromatic heterocycles. The summed E-state index contributed by atoms with van der Waals surface area (Å²) in [5, 5.41) is 1.57. The average molecular weight is 338 g/mol. The van der Waals surface area contributed by atoms with E-state index in [0.29, 0.717) is 16.9 Å². The van der Waals surface area contributed by atoms with Crippen molar-refractivity contribution in [1.29, 1.82) is 0 Å². The summed E-state index contributed by atoms with van der Waals surface area (Å²) >= 11 is 0. The van der Waals surface area contributed by atoms with Crippen LogP contribution >= 0.6 is 0 Å². The van der Waals surface area contributed by atoms with E-state index in [1.54, 1.807) is 30.3 Å². The minimum absolute atomic E-state index is 0.220. The van der Waals surface area contributed by atoms with Crippen LogP contribution in [-0.2, 0) is 9.59 Å². The highest BCUT2D eigenvalue weighted by Gasteiger charge is 2.18. The molecule has 25 heavy (non-hydrogen) atoms. The number of benzene rings is 2. The predicted molar refractivity (Wildman–Crippen MR) is 91.9 cm³/mol. The number of hydrogen-bond donors (Lipinski definition) is 0. The van der Waals surface area contributed by atoms with Crippen molar-refractivity contribution in [2.24, 2.45) is 0 Å². The Balaban J connectivity index is 2.14. The molecule has 0 bridgehead atoms. The maximum absolute atomic E-state index is 11.5. The van der Waals surface area contributed by atoms with Crippen LogP contribution in [0.25, 0.3) is 21.9 Å². The third-order valence-corrected chi connectivity index (χ3v) is 3.50. The molecule has 3 rings (SSSR count). The molecule has 0 aliphatic heterocycles. The summed E-state index contributed by atoms with van der Waals surface area (Å²) < 4.78 is 21.4. The molecule has 0 amide bonds. The lowest BCUT2D eigenvalue weighted by atomic mass is 10.1. The molecule has 0 fully saturated rings. The van der Waals surface area contributed by atoms with E-state index >= 15 is 0 Å². The number of esters is 2. The molecule has 0 N–H and O–H groups in total. The van der Waals surface area contributed by atoms with E-state index in [4.69, 9.17) is 18.6 Å². The van der Waals surface area contributed by atoms with Crippen LogP contribution in [0.15, 0.2) is 60.1 Å². The highest BCUT2D eigenvalue weighted by molar-refractivity contribution is 6.08. The van der Waals surface area contributed by atoms with Crippen LogP contribution in [0.2, 0.25) is 0 Å². The van der Waals surface area contributed by atoms with Crippen LogP contribution < -0.4 is 14.2 Å². The fourth-order valence-electron chi connectivity index (χ4n) is 2.42. The Morgan fingerprint density at radius 1 is 1.00 bits per heavy atom. The zero-order valence-electron chi connectivity index (χ0n) is 13.4. The molecule has 0 spiro atoms. The zero-order chi connectivity index (χ0) is 18.0.